The summed E-state index contributed by atoms with van der Waals surface area (Å²) in [5, 5.41) is 8.32. The van der Waals surface area contributed by atoms with Gasteiger partial charge in [-0.3, -0.25) is 0 Å². The first-order chi connectivity index (χ1) is 29.1. The van der Waals surface area contributed by atoms with Gasteiger partial charge in [0.25, 0.3) is 0 Å². The molecule has 0 aliphatic carbocycles. The molecule has 3 heterocycles. The van der Waals surface area contributed by atoms with Crippen molar-refractivity contribution in [2.24, 2.45) is 0 Å². The summed E-state index contributed by atoms with van der Waals surface area (Å²) in [4.78, 5) is 10.5. The van der Waals surface area contributed by atoms with Gasteiger partial charge in [-0.1, -0.05) is 152 Å². The van der Waals surface area contributed by atoms with Crippen molar-refractivity contribution in [1.82, 2.24) is 19.1 Å². The lowest BCUT2D eigenvalue weighted by atomic mass is 10.0. The maximum Gasteiger partial charge on any atom is 0.160 e. The van der Waals surface area contributed by atoms with Gasteiger partial charge in [-0.25, -0.2) is 9.97 Å². The quantitative estimate of drug-likeness (QED) is 0.152. The largest absolute Gasteiger partial charge is 0.309 e. The normalized spacial score (nSPS) is 11.8. The summed E-state index contributed by atoms with van der Waals surface area (Å²) >= 11 is 0. The van der Waals surface area contributed by atoms with Crippen molar-refractivity contribution in [1.29, 1.82) is 0 Å². The van der Waals surface area contributed by atoms with E-state index in [4.69, 9.17) is 9.97 Å². The lowest BCUT2D eigenvalue weighted by Crippen LogP contribution is -2.00. The fourth-order valence-electron chi connectivity index (χ4n) is 8.83. The molecule has 278 valence electrons. The van der Waals surface area contributed by atoms with Gasteiger partial charge in [0.05, 0.1) is 33.6 Å². The van der Waals surface area contributed by atoms with Crippen LogP contribution in [0.1, 0.15) is 11.3 Å². The Morgan fingerprint density at radius 1 is 0.458 bits per heavy atom. The molecule has 0 saturated carbocycles. The monoisotopic (exact) mass is 754 g/mol. The van der Waals surface area contributed by atoms with Crippen LogP contribution >= 0.6 is 0 Å². The first-order valence-corrected chi connectivity index (χ1v) is 20.0. The average molecular weight is 755 g/mol. The second-order valence-electron chi connectivity index (χ2n) is 15.1. The molecule has 0 N–H and O–H groups in total. The van der Waals surface area contributed by atoms with Crippen LogP contribution in [0.25, 0.3) is 106 Å². The summed E-state index contributed by atoms with van der Waals surface area (Å²) in [6, 6.07) is 64.9. The fraction of sp³-hybridized carbons (Fsp3) is 0.0182. The van der Waals surface area contributed by atoms with Crippen LogP contribution in [0.15, 0.2) is 201 Å². The van der Waals surface area contributed by atoms with Crippen LogP contribution in [-0.2, 0) is 0 Å². The molecule has 0 unspecified atom stereocenters. The SMILES string of the molecule is C=C/C=C\c1c(C)c2cc3c4ccccc4n(-c4cc(-c5nc(-c6ccccc6)cc(-c6ccccc6)n5)cc5ccccc45)c3cc2n1-c1ccc2ccccc2c1. The van der Waals surface area contributed by atoms with Gasteiger partial charge in [0.1, 0.15) is 0 Å². The number of hydrogen-bond acceptors (Lipinski definition) is 2. The molecule has 4 nitrogen and oxygen atoms in total. The molecular formula is C55H38N4. The third-order valence-electron chi connectivity index (χ3n) is 11.6. The number of allylic oxidation sites excluding steroid dienone is 2. The van der Waals surface area contributed by atoms with E-state index in [0.717, 1.165) is 72.5 Å². The fourth-order valence-corrected chi connectivity index (χ4v) is 8.83. The summed E-state index contributed by atoms with van der Waals surface area (Å²) < 4.78 is 4.85. The third kappa shape index (κ3) is 5.76. The number of rotatable bonds is 7. The molecule has 0 radical (unpaired) electrons. The molecule has 4 heteroatoms. The van der Waals surface area contributed by atoms with E-state index in [1.807, 2.05) is 24.3 Å². The first kappa shape index (κ1) is 34.4. The Morgan fingerprint density at radius 2 is 1.08 bits per heavy atom. The first-order valence-electron chi connectivity index (χ1n) is 20.0. The van der Waals surface area contributed by atoms with Crippen molar-refractivity contribution in [3.05, 3.63) is 212 Å². The predicted octanol–water partition coefficient (Wildman–Crippen LogP) is 14.3. The predicted molar refractivity (Wildman–Crippen MR) is 248 cm³/mol. The minimum absolute atomic E-state index is 0.680. The maximum absolute atomic E-state index is 5.26. The summed E-state index contributed by atoms with van der Waals surface area (Å²) in [5.41, 5.74) is 12.8. The van der Waals surface area contributed by atoms with E-state index in [1.165, 1.54) is 32.5 Å². The topological polar surface area (TPSA) is 35.6 Å². The summed E-state index contributed by atoms with van der Waals surface area (Å²) in [6.07, 6.45) is 6.06. The van der Waals surface area contributed by atoms with Gasteiger partial charge >= 0.3 is 0 Å². The standard InChI is InChI=1S/C55H38N4/c1-3-4-26-50-36(2)46-33-47-45-25-15-16-27-51(45)59(54(47)35-53(46)58(50)43-29-28-37-17-11-12-22-40(37)31-43)52-32-42(30-41-23-13-14-24-44(41)52)55-56-48(38-18-7-5-8-19-38)34-49(57-55)39-20-9-6-10-21-39/h3-35H,1H2,2H3/b26-4-. The molecule has 0 amide bonds. The smallest absolute Gasteiger partial charge is 0.160 e. The zero-order valence-corrected chi connectivity index (χ0v) is 32.5. The van der Waals surface area contributed by atoms with E-state index in [9.17, 15) is 0 Å². The maximum atomic E-state index is 5.26. The van der Waals surface area contributed by atoms with Crippen LogP contribution in [0.4, 0.5) is 0 Å². The van der Waals surface area contributed by atoms with Crippen LogP contribution in [-0.4, -0.2) is 19.1 Å². The molecule has 11 rings (SSSR count). The number of fused-ring (bicyclic) bond motifs is 6. The van der Waals surface area contributed by atoms with E-state index in [-0.39, 0.29) is 0 Å². The molecule has 0 bridgehead atoms. The molecule has 11 aromatic rings. The van der Waals surface area contributed by atoms with Crippen LogP contribution in [0.2, 0.25) is 0 Å². The second-order valence-corrected chi connectivity index (χ2v) is 15.1. The van der Waals surface area contributed by atoms with Gasteiger partial charge in [0.15, 0.2) is 5.82 Å². The molecule has 0 spiro atoms. The summed E-state index contributed by atoms with van der Waals surface area (Å²) in [5.74, 6) is 0.680. The van der Waals surface area contributed by atoms with E-state index in [0.29, 0.717) is 5.82 Å². The molecule has 0 aliphatic rings. The highest BCUT2D eigenvalue weighted by atomic mass is 15.0. The average Bonchev–Trinajstić information content (AvgIpc) is 3.77. The Balaban J connectivity index is 1.21. The van der Waals surface area contributed by atoms with Crippen LogP contribution in [0, 0.1) is 6.92 Å². The number of aromatic nitrogens is 4. The van der Waals surface area contributed by atoms with Crippen molar-refractivity contribution in [3.63, 3.8) is 0 Å². The van der Waals surface area contributed by atoms with Gasteiger partial charge in [-0.2, -0.15) is 0 Å². The number of aryl methyl sites for hydroxylation is 1. The molecule has 3 aromatic heterocycles. The van der Waals surface area contributed by atoms with Crippen LogP contribution < -0.4 is 0 Å². The van der Waals surface area contributed by atoms with Gasteiger partial charge in [-0.05, 0) is 83.3 Å². The highest BCUT2D eigenvalue weighted by molar-refractivity contribution is 6.15. The van der Waals surface area contributed by atoms with E-state index in [2.05, 4.69) is 199 Å². The van der Waals surface area contributed by atoms with Gasteiger partial charge in [0, 0.05) is 49.6 Å². The molecule has 0 aliphatic heterocycles. The highest BCUT2D eigenvalue weighted by Gasteiger charge is 2.21. The Hall–Kier alpha value is -7.82. The molecule has 59 heavy (non-hydrogen) atoms. The number of nitrogens with zero attached hydrogens (tertiary/aromatic N) is 4. The highest BCUT2D eigenvalue weighted by Crippen LogP contribution is 2.41. The Morgan fingerprint density at radius 3 is 1.81 bits per heavy atom. The van der Waals surface area contributed by atoms with Crippen molar-refractivity contribution >= 4 is 60.3 Å². The van der Waals surface area contributed by atoms with Crippen molar-refractivity contribution in [3.8, 4) is 45.3 Å². The Labute approximate surface area is 342 Å². The van der Waals surface area contributed by atoms with E-state index < -0.39 is 0 Å². The third-order valence-corrected chi connectivity index (χ3v) is 11.6. The Bertz CT molecular complexity index is 3400. The number of benzene rings is 8. The van der Waals surface area contributed by atoms with Crippen molar-refractivity contribution in [2.45, 2.75) is 6.92 Å². The lowest BCUT2D eigenvalue weighted by Gasteiger charge is -2.15. The molecule has 8 aromatic carbocycles. The van der Waals surface area contributed by atoms with Crippen molar-refractivity contribution < 1.29 is 0 Å². The van der Waals surface area contributed by atoms with Crippen LogP contribution in [0.5, 0.6) is 0 Å². The van der Waals surface area contributed by atoms with Crippen molar-refractivity contribution in [2.75, 3.05) is 0 Å². The second kappa shape index (κ2) is 14.0. The number of para-hydroxylation sites is 1. The van der Waals surface area contributed by atoms with E-state index in [1.54, 1.807) is 0 Å². The minimum Gasteiger partial charge on any atom is -0.309 e. The minimum atomic E-state index is 0.680. The molecular weight excluding hydrogens is 717 g/mol. The van der Waals surface area contributed by atoms with Gasteiger partial charge in [0.2, 0.25) is 0 Å². The van der Waals surface area contributed by atoms with Gasteiger partial charge < -0.3 is 9.13 Å². The molecule has 0 atom stereocenters. The lowest BCUT2D eigenvalue weighted by molar-refractivity contribution is 1.10. The van der Waals surface area contributed by atoms with Gasteiger partial charge in [-0.15, -0.1) is 0 Å². The molecule has 0 saturated heterocycles. The summed E-state index contributed by atoms with van der Waals surface area (Å²) in [7, 11) is 0. The Kier molecular flexibility index (Phi) is 8.16. The zero-order valence-electron chi connectivity index (χ0n) is 32.5. The van der Waals surface area contributed by atoms with Crippen LogP contribution in [0.3, 0.4) is 0 Å². The molecule has 0 fully saturated rings. The zero-order chi connectivity index (χ0) is 39.5. The summed E-state index contributed by atoms with van der Waals surface area (Å²) in [6.45, 7) is 6.24. The number of hydrogen-bond donors (Lipinski definition) is 0. The van der Waals surface area contributed by atoms with E-state index >= 15 is 0 Å².